The molecule has 0 heterocycles. The molecule has 0 aliphatic carbocycles. The maximum absolute atomic E-state index is 13.3. The van der Waals surface area contributed by atoms with Gasteiger partial charge in [-0.05, 0) is 18.2 Å². The van der Waals surface area contributed by atoms with Crippen molar-refractivity contribution in [3.8, 4) is 5.75 Å². The molecular weight excluding hydrogens is 219 g/mol. The van der Waals surface area contributed by atoms with Gasteiger partial charge in [0.1, 0.15) is 17.3 Å². The van der Waals surface area contributed by atoms with Crippen molar-refractivity contribution in [1.29, 1.82) is 0 Å². The standard InChI is InChI=1S/C14H19FO2/c1-5-11(16)9-14(2,3)12-8-10(15)6-7-13(12)17-4/h6-8H,5,9H2,1-4H3. The van der Waals surface area contributed by atoms with Gasteiger partial charge in [0.15, 0.2) is 0 Å². The number of Topliss-reactive ketones (excluding diaryl/α,β-unsaturated/α-hetero) is 1. The minimum atomic E-state index is -0.416. The van der Waals surface area contributed by atoms with Crippen molar-refractivity contribution in [2.75, 3.05) is 7.11 Å². The van der Waals surface area contributed by atoms with Crippen molar-refractivity contribution in [2.45, 2.75) is 39.0 Å². The molecule has 0 spiro atoms. The van der Waals surface area contributed by atoms with Crippen LogP contribution < -0.4 is 4.74 Å². The largest absolute Gasteiger partial charge is 0.496 e. The summed E-state index contributed by atoms with van der Waals surface area (Å²) in [6.07, 6.45) is 0.893. The average Bonchev–Trinajstić information content (AvgIpc) is 2.28. The highest BCUT2D eigenvalue weighted by atomic mass is 19.1. The van der Waals surface area contributed by atoms with E-state index < -0.39 is 5.41 Å². The van der Waals surface area contributed by atoms with E-state index in [9.17, 15) is 9.18 Å². The van der Waals surface area contributed by atoms with Crippen LogP contribution in [0.5, 0.6) is 5.75 Å². The summed E-state index contributed by atoms with van der Waals surface area (Å²) >= 11 is 0. The zero-order valence-electron chi connectivity index (χ0n) is 10.8. The Morgan fingerprint density at radius 1 is 1.41 bits per heavy atom. The van der Waals surface area contributed by atoms with Crippen molar-refractivity contribution < 1.29 is 13.9 Å². The van der Waals surface area contributed by atoms with E-state index in [1.54, 1.807) is 13.2 Å². The summed E-state index contributed by atoms with van der Waals surface area (Å²) in [5.74, 6) is 0.486. The number of halogens is 1. The first-order chi connectivity index (χ1) is 7.90. The molecule has 0 fully saturated rings. The minimum absolute atomic E-state index is 0.168. The molecule has 0 aliphatic rings. The van der Waals surface area contributed by atoms with Crippen LogP contribution in [0.3, 0.4) is 0 Å². The fourth-order valence-electron chi connectivity index (χ4n) is 1.92. The van der Waals surface area contributed by atoms with E-state index in [2.05, 4.69) is 0 Å². The Morgan fingerprint density at radius 2 is 2.06 bits per heavy atom. The Labute approximate surface area is 102 Å². The zero-order valence-corrected chi connectivity index (χ0v) is 10.8. The molecule has 0 N–H and O–H groups in total. The van der Waals surface area contributed by atoms with Gasteiger partial charge in [0.25, 0.3) is 0 Å². The van der Waals surface area contributed by atoms with Crippen LogP contribution in [0.4, 0.5) is 4.39 Å². The first-order valence-corrected chi connectivity index (χ1v) is 5.76. The fraction of sp³-hybridized carbons (Fsp3) is 0.500. The van der Waals surface area contributed by atoms with Gasteiger partial charge in [-0.1, -0.05) is 20.8 Å². The van der Waals surface area contributed by atoms with E-state index >= 15 is 0 Å². The van der Waals surface area contributed by atoms with Gasteiger partial charge in [0.05, 0.1) is 7.11 Å². The van der Waals surface area contributed by atoms with Crippen LogP contribution in [0.25, 0.3) is 0 Å². The third-order valence-electron chi connectivity index (χ3n) is 2.92. The van der Waals surface area contributed by atoms with E-state index in [1.807, 2.05) is 20.8 Å². The van der Waals surface area contributed by atoms with Crippen LogP contribution in [-0.4, -0.2) is 12.9 Å². The number of carbonyl (C=O) groups excluding carboxylic acids is 1. The molecule has 17 heavy (non-hydrogen) atoms. The summed E-state index contributed by atoms with van der Waals surface area (Å²) in [4.78, 5) is 11.6. The van der Waals surface area contributed by atoms with E-state index in [-0.39, 0.29) is 11.6 Å². The Kier molecular flexibility index (Phi) is 4.27. The molecule has 0 aromatic heterocycles. The first-order valence-electron chi connectivity index (χ1n) is 5.76. The lowest BCUT2D eigenvalue weighted by Crippen LogP contribution is -2.22. The van der Waals surface area contributed by atoms with Crippen molar-refractivity contribution >= 4 is 5.78 Å². The van der Waals surface area contributed by atoms with Crippen LogP contribution in [0.1, 0.15) is 39.2 Å². The molecule has 0 saturated heterocycles. The Bertz CT molecular complexity index is 411. The third kappa shape index (κ3) is 3.29. The highest BCUT2D eigenvalue weighted by molar-refractivity contribution is 5.79. The van der Waals surface area contributed by atoms with E-state index in [0.717, 1.165) is 5.56 Å². The summed E-state index contributed by atoms with van der Waals surface area (Å²) in [5, 5.41) is 0. The van der Waals surface area contributed by atoms with Crippen LogP contribution in [-0.2, 0) is 10.2 Å². The number of ketones is 1. The lowest BCUT2D eigenvalue weighted by molar-refractivity contribution is -0.119. The summed E-state index contributed by atoms with van der Waals surface area (Å²) in [6, 6.07) is 4.41. The second-order valence-electron chi connectivity index (χ2n) is 4.80. The van der Waals surface area contributed by atoms with E-state index in [1.165, 1.54) is 12.1 Å². The number of hydrogen-bond donors (Lipinski definition) is 0. The smallest absolute Gasteiger partial charge is 0.133 e. The molecule has 1 aromatic rings. The van der Waals surface area contributed by atoms with Gasteiger partial charge in [-0.25, -0.2) is 4.39 Å². The molecule has 0 amide bonds. The maximum atomic E-state index is 13.3. The summed E-state index contributed by atoms with van der Waals surface area (Å²) in [7, 11) is 1.55. The second kappa shape index (κ2) is 5.30. The predicted octanol–water partition coefficient (Wildman–Crippen LogP) is 3.48. The van der Waals surface area contributed by atoms with Gasteiger partial charge in [-0.2, -0.15) is 0 Å². The van der Waals surface area contributed by atoms with Gasteiger partial charge in [0.2, 0.25) is 0 Å². The molecule has 1 rings (SSSR count). The van der Waals surface area contributed by atoms with Crippen molar-refractivity contribution in [1.82, 2.24) is 0 Å². The minimum Gasteiger partial charge on any atom is -0.496 e. The van der Waals surface area contributed by atoms with Gasteiger partial charge in [0, 0.05) is 23.8 Å². The molecule has 3 heteroatoms. The maximum Gasteiger partial charge on any atom is 0.133 e. The van der Waals surface area contributed by atoms with Gasteiger partial charge >= 0.3 is 0 Å². The monoisotopic (exact) mass is 238 g/mol. The molecule has 2 nitrogen and oxygen atoms in total. The first kappa shape index (κ1) is 13.7. The molecule has 94 valence electrons. The van der Waals surface area contributed by atoms with Gasteiger partial charge in [-0.15, -0.1) is 0 Å². The molecule has 0 saturated carbocycles. The Balaban J connectivity index is 3.12. The predicted molar refractivity (Wildman–Crippen MR) is 65.9 cm³/mol. The summed E-state index contributed by atoms with van der Waals surface area (Å²) < 4.78 is 18.5. The fourth-order valence-corrected chi connectivity index (χ4v) is 1.92. The molecular formula is C14H19FO2. The van der Waals surface area contributed by atoms with Gasteiger partial charge < -0.3 is 4.74 Å². The molecule has 0 radical (unpaired) electrons. The second-order valence-corrected chi connectivity index (χ2v) is 4.80. The van der Waals surface area contributed by atoms with E-state index in [0.29, 0.717) is 18.6 Å². The van der Waals surface area contributed by atoms with Gasteiger partial charge in [-0.3, -0.25) is 4.79 Å². The highest BCUT2D eigenvalue weighted by Gasteiger charge is 2.27. The topological polar surface area (TPSA) is 26.3 Å². The number of ether oxygens (including phenoxy) is 1. The number of hydrogen-bond acceptors (Lipinski definition) is 2. The van der Waals surface area contributed by atoms with Crippen molar-refractivity contribution in [2.24, 2.45) is 0 Å². The average molecular weight is 238 g/mol. The lowest BCUT2D eigenvalue weighted by Gasteiger charge is -2.26. The Hall–Kier alpha value is -1.38. The summed E-state index contributed by atoms with van der Waals surface area (Å²) in [5.41, 5.74) is 0.322. The van der Waals surface area contributed by atoms with Crippen LogP contribution in [0.15, 0.2) is 18.2 Å². The van der Waals surface area contributed by atoms with Crippen LogP contribution in [0.2, 0.25) is 0 Å². The molecule has 0 bridgehead atoms. The zero-order chi connectivity index (χ0) is 13.1. The number of methoxy groups -OCH3 is 1. The lowest BCUT2D eigenvalue weighted by atomic mass is 9.79. The molecule has 0 unspecified atom stereocenters. The quantitative estimate of drug-likeness (QED) is 0.785. The number of rotatable bonds is 5. The van der Waals surface area contributed by atoms with Crippen LogP contribution >= 0.6 is 0 Å². The van der Waals surface area contributed by atoms with Crippen molar-refractivity contribution in [3.05, 3.63) is 29.6 Å². The number of benzene rings is 1. The van der Waals surface area contributed by atoms with Crippen LogP contribution in [0, 0.1) is 5.82 Å². The molecule has 1 aromatic carbocycles. The Morgan fingerprint density at radius 3 is 2.59 bits per heavy atom. The summed E-state index contributed by atoms with van der Waals surface area (Å²) in [6.45, 7) is 5.69. The number of carbonyl (C=O) groups is 1. The van der Waals surface area contributed by atoms with Crippen molar-refractivity contribution in [3.63, 3.8) is 0 Å². The normalized spacial score (nSPS) is 11.4. The highest BCUT2D eigenvalue weighted by Crippen LogP contribution is 2.35. The third-order valence-corrected chi connectivity index (χ3v) is 2.92. The van der Waals surface area contributed by atoms with E-state index in [4.69, 9.17) is 4.74 Å². The molecule has 0 aliphatic heterocycles. The molecule has 0 atom stereocenters. The SMILES string of the molecule is CCC(=O)CC(C)(C)c1cc(F)ccc1OC.